The fourth-order valence-electron chi connectivity index (χ4n) is 4.54. The number of piperidine rings is 3. The summed E-state index contributed by atoms with van der Waals surface area (Å²) < 4.78 is 15.0. The fraction of sp³-hybridized carbons (Fsp3) is 0.524. The molecule has 0 radical (unpaired) electrons. The van der Waals surface area contributed by atoms with Crippen LogP contribution in [0.5, 0.6) is 0 Å². The van der Waals surface area contributed by atoms with E-state index in [1.54, 1.807) is 12.1 Å². The molecule has 2 aromatic rings. The lowest BCUT2D eigenvalue weighted by molar-refractivity contribution is -0.133. The van der Waals surface area contributed by atoms with Gasteiger partial charge in [-0.05, 0) is 49.6 Å². The van der Waals surface area contributed by atoms with E-state index in [9.17, 15) is 14.0 Å². The fourth-order valence-corrected chi connectivity index (χ4v) is 4.54. The molecule has 0 aliphatic carbocycles. The van der Waals surface area contributed by atoms with E-state index < -0.39 is 0 Å². The van der Waals surface area contributed by atoms with Crippen molar-refractivity contribution in [2.75, 3.05) is 26.2 Å². The number of hydrogen-bond donors (Lipinski definition) is 2. The molecule has 3 fully saturated rings. The molecule has 4 heterocycles. The van der Waals surface area contributed by atoms with Gasteiger partial charge in [0, 0.05) is 38.2 Å². The molecule has 3 aliphatic rings. The molecule has 5 rings (SSSR count). The van der Waals surface area contributed by atoms with Crippen LogP contribution in [-0.2, 0) is 16.1 Å². The normalized spacial score (nSPS) is 25.1. The first-order chi connectivity index (χ1) is 14.5. The number of hydrogen-bond acceptors (Lipinski definition) is 5. The van der Waals surface area contributed by atoms with E-state index >= 15 is 0 Å². The average molecular weight is 414 g/mol. The van der Waals surface area contributed by atoms with Gasteiger partial charge in [0.15, 0.2) is 0 Å². The highest BCUT2D eigenvalue weighted by Gasteiger charge is 2.43. The topological polar surface area (TPSA) is 92.2 Å². The Labute approximate surface area is 174 Å². The molecule has 1 unspecified atom stereocenters. The molecule has 4 atom stereocenters. The third kappa shape index (κ3) is 4.67. The molecule has 3 aliphatic heterocycles. The molecule has 8 nitrogen and oxygen atoms in total. The molecule has 0 spiro atoms. The second-order valence-corrected chi connectivity index (χ2v) is 8.15. The Bertz CT molecular complexity index is 899. The molecule has 2 N–H and O–H groups in total. The largest absolute Gasteiger partial charge is 0.355 e. The Morgan fingerprint density at radius 2 is 1.97 bits per heavy atom. The van der Waals surface area contributed by atoms with Gasteiger partial charge in [0.05, 0.1) is 18.7 Å². The minimum absolute atomic E-state index is 0.00199. The summed E-state index contributed by atoms with van der Waals surface area (Å²) in [5, 5.41) is 14.1. The molecular weight excluding hydrogens is 387 g/mol. The minimum atomic E-state index is -0.272. The molecule has 30 heavy (non-hydrogen) atoms. The van der Waals surface area contributed by atoms with Gasteiger partial charge in [0.1, 0.15) is 11.5 Å². The Balaban J connectivity index is 1.31. The van der Waals surface area contributed by atoms with E-state index in [4.69, 9.17) is 0 Å². The molecular formula is C21H27FN6O2. The number of rotatable bonds is 7. The Hall–Kier alpha value is -2.81. The number of carbonyl (C=O) groups excluding carboxylic acids is 2. The van der Waals surface area contributed by atoms with Gasteiger partial charge in [0.25, 0.3) is 0 Å². The van der Waals surface area contributed by atoms with Crippen LogP contribution < -0.4 is 10.6 Å². The molecule has 1 aromatic heterocycles. The van der Waals surface area contributed by atoms with E-state index in [2.05, 4.69) is 25.8 Å². The van der Waals surface area contributed by atoms with Crippen molar-refractivity contribution in [3.8, 4) is 11.3 Å². The SMILES string of the molecule is CC(=O)NCCNC(=O)[C@@H]1CN2CC[C@H]1C[C@@H]2Cn1cc(-c2ccc(F)cc2)nn1. The van der Waals surface area contributed by atoms with Gasteiger partial charge < -0.3 is 10.6 Å². The molecule has 0 saturated carbocycles. The summed E-state index contributed by atoms with van der Waals surface area (Å²) in [6.45, 7) is 4.84. The summed E-state index contributed by atoms with van der Waals surface area (Å²) in [7, 11) is 0. The molecule has 9 heteroatoms. The number of carbonyl (C=O) groups is 2. The number of halogens is 1. The van der Waals surface area contributed by atoms with Crippen LogP contribution in [0.4, 0.5) is 4.39 Å². The minimum Gasteiger partial charge on any atom is -0.355 e. The van der Waals surface area contributed by atoms with Crippen LogP contribution in [0.1, 0.15) is 19.8 Å². The van der Waals surface area contributed by atoms with Gasteiger partial charge in [-0.25, -0.2) is 4.39 Å². The van der Waals surface area contributed by atoms with Crippen LogP contribution in [0, 0.1) is 17.7 Å². The number of nitrogens with zero attached hydrogens (tertiary/aromatic N) is 4. The number of amides is 2. The number of aromatic nitrogens is 3. The van der Waals surface area contributed by atoms with E-state index in [0.717, 1.165) is 43.7 Å². The molecule has 2 bridgehead atoms. The highest BCUT2D eigenvalue weighted by molar-refractivity contribution is 5.79. The lowest BCUT2D eigenvalue weighted by atomic mass is 9.75. The maximum absolute atomic E-state index is 13.1. The van der Waals surface area contributed by atoms with Gasteiger partial charge in [-0.1, -0.05) is 5.21 Å². The van der Waals surface area contributed by atoms with Gasteiger partial charge >= 0.3 is 0 Å². The van der Waals surface area contributed by atoms with Crippen molar-refractivity contribution in [3.05, 3.63) is 36.3 Å². The van der Waals surface area contributed by atoms with Crippen molar-refractivity contribution in [3.63, 3.8) is 0 Å². The summed E-state index contributed by atoms with van der Waals surface area (Å²) in [6, 6.07) is 6.56. The maximum atomic E-state index is 13.1. The first kappa shape index (κ1) is 20.5. The first-order valence-corrected chi connectivity index (χ1v) is 10.4. The highest BCUT2D eigenvalue weighted by atomic mass is 19.1. The quantitative estimate of drug-likeness (QED) is 0.661. The maximum Gasteiger partial charge on any atom is 0.224 e. The van der Waals surface area contributed by atoms with Crippen molar-refractivity contribution in [1.82, 2.24) is 30.5 Å². The van der Waals surface area contributed by atoms with Gasteiger partial charge in [0.2, 0.25) is 11.8 Å². The molecule has 3 saturated heterocycles. The van der Waals surface area contributed by atoms with Crippen LogP contribution in [-0.4, -0.2) is 63.9 Å². The number of fused-ring (bicyclic) bond motifs is 3. The summed E-state index contributed by atoms with van der Waals surface area (Å²) in [6.07, 6.45) is 3.87. The third-order valence-corrected chi connectivity index (χ3v) is 6.09. The lowest BCUT2D eigenvalue weighted by Crippen LogP contribution is -2.58. The summed E-state index contributed by atoms with van der Waals surface area (Å²) in [5.41, 5.74) is 1.56. The number of benzene rings is 1. The van der Waals surface area contributed by atoms with Crippen molar-refractivity contribution in [2.45, 2.75) is 32.4 Å². The average Bonchev–Trinajstić information content (AvgIpc) is 3.20. The standard InChI is InChI=1S/C21H27FN6O2/c1-14(29)23-7-8-24-21(30)19-12-27-9-6-16(19)10-18(27)11-28-13-20(25-26-28)15-2-4-17(22)5-3-15/h2-5,13,16,18-19H,6-12H2,1H3,(H,23,29)(H,24,30)/t16-,18+,19+/m0/s1. The van der Waals surface area contributed by atoms with Gasteiger partial charge in [-0.2, -0.15) is 0 Å². The van der Waals surface area contributed by atoms with Crippen LogP contribution in [0.2, 0.25) is 0 Å². The van der Waals surface area contributed by atoms with Crippen LogP contribution in [0.25, 0.3) is 11.3 Å². The first-order valence-electron chi connectivity index (χ1n) is 10.4. The Kier molecular flexibility index (Phi) is 6.08. The van der Waals surface area contributed by atoms with Crippen LogP contribution >= 0.6 is 0 Å². The number of nitrogens with one attached hydrogen (secondary N) is 2. The van der Waals surface area contributed by atoms with E-state index in [-0.39, 0.29) is 23.5 Å². The summed E-state index contributed by atoms with van der Waals surface area (Å²) in [5.74, 6) is 0.0723. The molecule has 1 aromatic carbocycles. The Morgan fingerprint density at radius 3 is 2.67 bits per heavy atom. The zero-order valence-electron chi connectivity index (χ0n) is 17.1. The van der Waals surface area contributed by atoms with Crippen molar-refractivity contribution in [2.24, 2.45) is 11.8 Å². The lowest BCUT2D eigenvalue weighted by Gasteiger charge is -2.49. The second kappa shape index (κ2) is 8.91. The predicted octanol–water partition coefficient (Wildman–Crippen LogP) is 1.05. The van der Waals surface area contributed by atoms with E-state index in [0.29, 0.717) is 25.0 Å². The molecule has 2 amide bonds. The predicted molar refractivity (Wildman–Crippen MR) is 109 cm³/mol. The summed E-state index contributed by atoms with van der Waals surface area (Å²) in [4.78, 5) is 25.9. The van der Waals surface area contributed by atoms with E-state index in [1.165, 1.54) is 19.1 Å². The Morgan fingerprint density at radius 1 is 1.20 bits per heavy atom. The monoisotopic (exact) mass is 414 g/mol. The second-order valence-electron chi connectivity index (χ2n) is 8.15. The van der Waals surface area contributed by atoms with Crippen LogP contribution in [0.3, 0.4) is 0 Å². The smallest absolute Gasteiger partial charge is 0.224 e. The third-order valence-electron chi connectivity index (χ3n) is 6.09. The van der Waals surface area contributed by atoms with Crippen molar-refractivity contribution in [1.29, 1.82) is 0 Å². The zero-order chi connectivity index (χ0) is 21.1. The zero-order valence-corrected chi connectivity index (χ0v) is 17.1. The van der Waals surface area contributed by atoms with Crippen molar-refractivity contribution >= 4 is 11.8 Å². The highest BCUT2D eigenvalue weighted by Crippen LogP contribution is 2.37. The van der Waals surface area contributed by atoms with Crippen molar-refractivity contribution < 1.29 is 14.0 Å². The van der Waals surface area contributed by atoms with E-state index in [1.807, 2.05) is 10.9 Å². The van der Waals surface area contributed by atoms with Crippen LogP contribution in [0.15, 0.2) is 30.5 Å². The molecule has 160 valence electrons. The van der Waals surface area contributed by atoms with Gasteiger partial charge in [-0.3, -0.25) is 19.2 Å². The summed E-state index contributed by atoms with van der Waals surface area (Å²) >= 11 is 0. The van der Waals surface area contributed by atoms with Gasteiger partial charge in [-0.15, -0.1) is 5.10 Å².